The van der Waals surface area contributed by atoms with Crippen LogP contribution in [0.15, 0.2) is 57.8 Å². The number of rotatable bonds is 8. The molecule has 0 aliphatic carbocycles. The molecule has 0 amide bonds. The Morgan fingerprint density at radius 1 is 1.28 bits per heavy atom. The maximum absolute atomic E-state index is 11.9. The maximum atomic E-state index is 11.9. The zero-order valence-corrected chi connectivity index (χ0v) is 17.9. The number of ether oxygens (including phenoxy) is 1. The van der Waals surface area contributed by atoms with Gasteiger partial charge in [0.25, 0.3) is 0 Å². The second kappa shape index (κ2) is 10.4. The van der Waals surface area contributed by atoms with Gasteiger partial charge in [-0.25, -0.2) is 0 Å². The van der Waals surface area contributed by atoms with E-state index in [9.17, 15) is 4.21 Å². The van der Waals surface area contributed by atoms with Gasteiger partial charge in [0.15, 0.2) is 0 Å². The van der Waals surface area contributed by atoms with Crippen LogP contribution in [0, 0.1) is 17.2 Å². The van der Waals surface area contributed by atoms with Gasteiger partial charge in [0.2, 0.25) is 0 Å². The minimum Gasteiger partial charge on any atom is -0.493 e. The van der Waals surface area contributed by atoms with Crippen molar-refractivity contribution in [3.8, 4) is 11.8 Å². The van der Waals surface area contributed by atoms with Crippen LogP contribution in [0.5, 0.6) is 5.75 Å². The van der Waals surface area contributed by atoms with Crippen molar-refractivity contribution in [2.45, 2.75) is 37.6 Å². The van der Waals surface area contributed by atoms with Gasteiger partial charge < -0.3 is 13.3 Å². The summed E-state index contributed by atoms with van der Waals surface area (Å²) in [7, 11) is -1.28. The standard InChI is InChI=1S/C23H28N3O2S/c1-3-25-29(27)23-9-7-22(8-10-23)28-17-21-13-18(2)26(16-21)12-11-19-5-4-6-20(14-19)15-24/h4-10,14,18,21H,3,11-13,16-17H2,1-2H3/q-1/t18-,21+/m1/s1. The Hall–Kier alpha value is -2.36. The molecule has 1 saturated heterocycles. The van der Waals surface area contributed by atoms with E-state index >= 15 is 0 Å². The van der Waals surface area contributed by atoms with E-state index in [-0.39, 0.29) is 0 Å². The Kier molecular flexibility index (Phi) is 7.68. The molecule has 0 unspecified atom stereocenters. The first kappa shape index (κ1) is 21.4. The number of hydrogen-bond acceptors (Lipinski definition) is 6. The van der Waals surface area contributed by atoms with Gasteiger partial charge in [-0.15, -0.1) is 0 Å². The van der Waals surface area contributed by atoms with Crippen molar-refractivity contribution >= 4 is 10.6 Å². The zero-order valence-electron chi connectivity index (χ0n) is 17.1. The summed E-state index contributed by atoms with van der Waals surface area (Å²) in [6.45, 7) is 7.40. The van der Waals surface area contributed by atoms with E-state index in [4.69, 9.17) is 10.00 Å². The predicted octanol–water partition coefficient (Wildman–Crippen LogP) is 4.42. The molecular formula is C23H28N3O2S-. The molecule has 2 aromatic rings. The van der Waals surface area contributed by atoms with Gasteiger partial charge in [0, 0.05) is 31.6 Å². The lowest BCUT2D eigenvalue weighted by molar-refractivity contribution is 0.234. The topological polar surface area (TPSA) is 65.7 Å². The SMILES string of the molecule is CCN=[S-](=O)c1ccc(OC[C@H]2C[C@@H](C)N(CCc3cccc(C#N)c3)C2)cc1. The molecule has 1 heterocycles. The predicted molar refractivity (Wildman–Crippen MR) is 115 cm³/mol. The van der Waals surface area contributed by atoms with Crippen LogP contribution in [0.4, 0.5) is 0 Å². The fraction of sp³-hybridized carbons (Fsp3) is 0.435. The first-order valence-corrected chi connectivity index (χ1v) is 11.2. The monoisotopic (exact) mass is 410 g/mol. The van der Waals surface area contributed by atoms with E-state index < -0.39 is 10.6 Å². The summed E-state index contributed by atoms with van der Waals surface area (Å²) in [5.74, 6) is 1.31. The molecule has 3 rings (SSSR count). The summed E-state index contributed by atoms with van der Waals surface area (Å²) in [6.07, 6.45) is 2.07. The van der Waals surface area contributed by atoms with Gasteiger partial charge in [0.05, 0.1) is 18.2 Å². The fourth-order valence-electron chi connectivity index (χ4n) is 3.78. The highest BCUT2D eigenvalue weighted by Gasteiger charge is 2.29. The fourth-order valence-corrected chi connectivity index (χ4v) is 4.53. The Morgan fingerprint density at radius 2 is 2.07 bits per heavy atom. The van der Waals surface area contributed by atoms with Gasteiger partial charge >= 0.3 is 0 Å². The average Bonchev–Trinajstić information content (AvgIpc) is 3.11. The van der Waals surface area contributed by atoms with E-state index in [0.717, 1.165) is 37.2 Å². The molecule has 1 fully saturated rings. The van der Waals surface area contributed by atoms with Gasteiger partial charge in [-0.1, -0.05) is 29.2 Å². The van der Waals surface area contributed by atoms with E-state index in [1.54, 1.807) is 0 Å². The number of likely N-dealkylation sites (tertiary alicyclic amines) is 1. The number of hydrogen-bond donors (Lipinski definition) is 0. The second-order valence-corrected chi connectivity index (χ2v) is 8.71. The molecule has 29 heavy (non-hydrogen) atoms. The zero-order chi connectivity index (χ0) is 20.6. The third kappa shape index (κ3) is 6.06. The van der Waals surface area contributed by atoms with Crippen molar-refractivity contribution in [2.75, 3.05) is 26.2 Å². The van der Waals surface area contributed by atoms with Crippen LogP contribution in [0.2, 0.25) is 0 Å². The lowest BCUT2D eigenvalue weighted by Gasteiger charge is -2.21. The second-order valence-electron chi connectivity index (χ2n) is 7.48. The quantitative estimate of drug-likeness (QED) is 0.605. The Morgan fingerprint density at radius 3 is 2.79 bits per heavy atom. The van der Waals surface area contributed by atoms with Crippen molar-refractivity contribution in [2.24, 2.45) is 10.3 Å². The summed E-state index contributed by atoms with van der Waals surface area (Å²) in [5, 5.41) is 9.04. The third-order valence-electron chi connectivity index (χ3n) is 5.29. The lowest BCUT2D eigenvalue weighted by Crippen LogP contribution is -2.29. The summed E-state index contributed by atoms with van der Waals surface area (Å²) in [4.78, 5) is 3.21. The highest BCUT2D eigenvalue weighted by molar-refractivity contribution is 7.74. The molecule has 5 nitrogen and oxygen atoms in total. The minimum absolute atomic E-state index is 0.499. The minimum atomic E-state index is -1.28. The van der Waals surface area contributed by atoms with E-state index in [1.165, 1.54) is 5.56 Å². The van der Waals surface area contributed by atoms with Crippen LogP contribution in [0.25, 0.3) is 0 Å². The summed E-state index contributed by atoms with van der Waals surface area (Å²) < 4.78 is 21.9. The summed E-state index contributed by atoms with van der Waals surface area (Å²) in [5.41, 5.74) is 1.93. The average molecular weight is 411 g/mol. The first-order valence-electron chi connectivity index (χ1n) is 10.1. The van der Waals surface area contributed by atoms with E-state index in [2.05, 4.69) is 28.3 Å². The first-order chi connectivity index (χ1) is 14.1. The molecule has 154 valence electrons. The smallest absolute Gasteiger partial charge is 0.119 e. The molecule has 6 heteroatoms. The van der Waals surface area contributed by atoms with Gasteiger partial charge in [-0.05, 0) is 56.5 Å². The van der Waals surface area contributed by atoms with Crippen molar-refractivity contribution in [3.05, 3.63) is 59.7 Å². The van der Waals surface area contributed by atoms with Gasteiger partial charge in [-0.3, -0.25) is 4.90 Å². The molecule has 1 aliphatic rings. The maximum Gasteiger partial charge on any atom is 0.119 e. The summed E-state index contributed by atoms with van der Waals surface area (Å²) >= 11 is 0. The van der Waals surface area contributed by atoms with Gasteiger partial charge in [-0.2, -0.15) is 15.9 Å². The van der Waals surface area contributed by atoms with Crippen LogP contribution in [-0.4, -0.2) is 37.2 Å². The molecule has 0 radical (unpaired) electrons. The van der Waals surface area contributed by atoms with Crippen molar-refractivity contribution in [3.63, 3.8) is 0 Å². The molecule has 0 N–H and O–H groups in total. The van der Waals surface area contributed by atoms with E-state index in [0.29, 0.717) is 30.0 Å². The Balaban J connectivity index is 1.47. The van der Waals surface area contributed by atoms with Crippen molar-refractivity contribution in [1.29, 1.82) is 5.26 Å². The van der Waals surface area contributed by atoms with Crippen molar-refractivity contribution < 1.29 is 8.95 Å². The molecule has 0 bridgehead atoms. The molecule has 1 aliphatic heterocycles. The van der Waals surface area contributed by atoms with Crippen LogP contribution in [-0.2, 0) is 21.2 Å². The highest BCUT2D eigenvalue weighted by Crippen LogP contribution is 2.25. The number of nitrogens with zero attached hydrogens (tertiary/aromatic N) is 3. The van der Waals surface area contributed by atoms with E-state index in [1.807, 2.05) is 49.4 Å². The van der Waals surface area contributed by atoms with Crippen LogP contribution in [0.1, 0.15) is 31.4 Å². The largest absolute Gasteiger partial charge is 0.493 e. The molecular weight excluding hydrogens is 382 g/mol. The molecule has 0 saturated carbocycles. The molecule has 2 aromatic carbocycles. The van der Waals surface area contributed by atoms with Gasteiger partial charge in [0.1, 0.15) is 5.75 Å². The van der Waals surface area contributed by atoms with Crippen LogP contribution in [0.3, 0.4) is 0 Å². The van der Waals surface area contributed by atoms with Crippen molar-refractivity contribution in [1.82, 2.24) is 4.90 Å². The number of benzene rings is 2. The molecule has 0 aromatic heterocycles. The Bertz CT molecular complexity index is 930. The molecule has 2 atom stereocenters. The lowest BCUT2D eigenvalue weighted by atomic mass is 10.1. The van der Waals surface area contributed by atoms with Crippen LogP contribution < -0.4 is 4.74 Å². The summed E-state index contributed by atoms with van der Waals surface area (Å²) in [6, 6.07) is 18.0. The Labute approximate surface area is 175 Å². The normalized spacial score (nSPS) is 20.4. The molecule has 0 spiro atoms. The number of nitriles is 1. The highest BCUT2D eigenvalue weighted by atomic mass is 32.2. The van der Waals surface area contributed by atoms with Crippen LogP contribution >= 0.6 is 0 Å². The third-order valence-corrected chi connectivity index (χ3v) is 6.46.